The number of ether oxygens (including phenoxy) is 1. The molecule has 1 aromatic rings. The van der Waals surface area contributed by atoms with Gasteiger partial charge < -0.3 is 14.7 Å². The van der Waals surface area contributed by atoms with E-state index in [-0.39, 0.29) is 25.2 Å². The second-order valence-corrected chi connectivity index (χ2v) is 4.64. The Morgan fingerprint density at radius 2 is 2.11 bits per heavy atom. The van der Waals surface area contributed by atoms with Crippen molar-refractivity contribution in [3.8, 4) is 0 Å². The van der Waals surface area contributed by atoms with Gasteiger partial charge in [0.15, 0.2) is 0 Å². The average molecular weight is 249 g/mol. The molecule has 0 radical (unpaired) electrons. The van der Waals surface area contributed by atoms with Gasteiger partial charge in [-0.05, 0) is 31.9 Å². The van der Waals surface area contributed by atoms with Crippen LogP contribution in [-0.4, -0.2) is 36.9 Å². The molecule has 18 heavy (non-hydrogen) atoms. The van der Waals surface area contributed by atoms with Crippen LogP contribution in [0.2, 0.25) is 0 Å². The highest BCUT2D eigenvalue weighted by molar-refractivity contribution is 5.94. The summed E-state index contributed by atoms with van der Waals surface area (Å²) in [6, 6.07) is 7.92. The summed E-state index contributed by atoms with van der Waals surface area (Å²) in [5.41, 5.74) is 2.10. The highest BCUT2D eigenvalue weighted by Crippen LogP contribution is 2.20. The van der Waals surface area contributed by atoms with Crippen molar-refractivity contribution in [1.82, 2.24) is 0 Å². The first-order valence-electron chi connectivity index (χ1n) is 6.30. The minimum atomic E-state index is -0.000832. The van der Waals surface area contributed by atoms with Crippen LogP contribution in [0.1, 0.15) is 18.4 Å². The molecule has 1 aromatic carbocycles. The Balaban J connectivity index is 2.05. The fourth-order valence-electron chi connectivity index (χ4n) is 2.09. The third-order valence-corrected chi connectivity index (χ3v) is 3.16. The van der Waals surface area contributed by atoms with Crippen LogP contribution in [0.4, 0.5) is 5.69 Å². The molecule has 0 aromatic heterocycles. The minimum absolute atomic E-state index is 0.000832. The number of morpholine rings is 1. The Labute approximate surface area is 107 Å². The number of carbonyl (C=O) groups excluding carboxylic acids is 1. The molecular formula is C14H19NO3. The Bertz CT molecular complexity index is 402. The predicted octanol–water partition coefficient (Wildman–Crippen LogP) is 1.50. The van der Waals surface area contributed by atoms with Gasteiger partial charge in [0.25, 0.3) is 5.91 Å². The van der Waals surface area contributed by atoms with Crippen LogP contribution in [0.5, 0.6) is 0 Å². The summed E-state index contributed by atoms with van der Waals surface area (Å²) in [6.45, 7) is 2.89. The number of amides is 1. The second-order valence-electron chi connectivity index (χ2n) is 4.64. The Morgan fingerprint density at radius 1 is 1.39 bits per heavy atom. The van der Waals surface area contributed by atoms with Crippen LogP contribution in [0.3, 0.4) is 0 Å². The Hall–Kier alpha value is -1.39. The summed E-state index contributed by atoms with van der Waals surface area (Å²) >= 11 is 0. The molecule has 1 saturated heterocycles. The molecule has 1 N–H and O–H groups in total. The van der Waals surface area contributed by atoms with E-state index >= 15 is 0 Å². The molecule has 1 heterocycles. The molecule has 98 valence electrons. The average Bonchev–Trinajstić information content (AvgIpc) is 2.39. The van der Waals surface area contributed by atoms with Crippen LogP contribution >= 0.6 is 0 Å². The van der Waals surface area contributed by atoms with Gasteiger partial charge in [-0.1, -0.05) is 17.7 Å². The van der Waals surface area contributed by atoms with Gasteiger partial charge in [0, 0.05) is 12.3 Å². The summed E-state index contributed by atoms with van der Waals surface area (Å²) in [6.07, 6.45) is 1.52. The van der Waals surface area contributed by atoms with E-state index in [2.05, 4.69) is 0 Å². The normalized spacial score (nSPS) is 20.2. The number of hydrogen-bond acceptors (Lipinski definition) is 3. The fourth-order valence-corrected chi connectivity index (χ4v) is 2.09. The molecule has 0 aliphatic carbocycles. The van der Waals surface area contributed by atoms with E-state index in [1.54, 1.807) is 4.90 Å². The molecule has 1 atom stereocenters. The Morgan fingerprint density at radius 3 is 2.78 bits per heavy atom. The maximum Gasteiger partial charge on any atom is 0.253 e. The summed E-state index contributed by atoms with van der Waals surface area (Å²) < 4.78 is 5.47. The van der Waals surface area contributed by atoms with Gasteiger partial charge in [-0.3, -0.25) is 4.79 Å². The van der Waals surface area contributed by atoms with Crippen molar-refractivity contribution in [3.05, 3.63) is 29.8 Å². The largest absolute Gasteiger partial charge is 0.396 e. The van der Waals surface area contributed by atoms with E-state index in [1.165, 1.54) is 5.56 Å². The quantitative estimate of drug-likeness (QED) is 0.879. The van der Waals surface area contributed by atoms with Gasteiger partial charge in [-0.25, -0.2) is 0 Å². The summed E-state index contributed by atoms with van der Waals surface area (Å²) in [5, 5.41) is 8.83. The number of carbonyl (C=O) groups is 1. The molecule has 1 unspecified atom stereocenters. The van der Waals surface area contributed by atoms with Gasteiger partial charge in [0.05, 0.1) is 12.6 Å². The molecule has 4 nitrogen and oxygen atoms in total. The predicted molar refractivity (Wildman–Crippen MR) is 69.6 cm³/mol. The first-order chi connectivity index (χ1) is 8.70. The van der Waals surface area contributed by atoms with Crippen molar-refractivity contribution >= 4 is 11.6 Å². The first-order valence-corrected chi connectivity index (χ1v) is 6.30. The number of aryl methyl sites for hydroxylation is 1. The molecule has 1 aliphatic rings. The smallest absolute Gasteiger partial charge is 0.253 e. The van der Waals surface area contributed by atoms with E-state index < -0.39 is 0 Å². The molecule has 1 fully saturated rings. The second kappa shape index (κ2) is 5.98. The monoisotopic (exact) mass is 249 g/mol. The number of hydrogen-bond donors (Lipinski definition) is 1. The number of rotatable bonds is 4. The third kappa shape index (κ3) is 3.09. The van der Waals surface area contributed by atoms with Crippen LogP contribution in [0.15, 0.2) is 24.3 Å². The van der Waals surface area contributed by atoms with Gasteiger partial charge in [0.1, 0.15) is 6.61 Å². The molecule has 0 saturated carbocycles. The fraction of sp³-hybridized carbons (Fsp3) is 0.500. The van der Waals surface area contributed by atoms with Crippen molar-refractivity contribution < 1.29 is 14.6 Å². The lowest BCUT2D eigenvalue weighted by Crippen LogP contribution is -2.46. The number of benzene rings is 1. The van der Waals surface area contributed by atoms with Crippen LogP contribution in [-0.2, 0) is 9.53 Å². The van der Waals surface area contributed by atoms with Gasteiger partial charge >= 0.3 is 0 Å². The lowest BCUT2D eigenvalue weighted by molar-refractivity contribution is -0.129. The van der Waals surface area contributed by atoms with Gasteiger partial charge in [-0.2, -0.15) is 0 Å². The maximum atomic E-state index is 11.9. The van der Waals surface area contributed by atoms with E-state index in [0.717, 1.165) is 12.1 Å². The first kappa shape index (κ1) is 13.1. The van der Waals surface area contributed by atoms with Crippen molar-refractivity contribution in [2.45, 2.75) is 25.9 Å². The van der Waals surface area contributed by atoms with Crippen molar-refractivity contribution in [2.24, 2.45) is 0 Å². The molecular weight excluding hydrogens is 230 g/mol. The SMILES string of the molecule is Cc1ccc(N2CC(CCCO)OCC2=O)cc1. The maximum absolute atomic E-state index is 11.9. The van der Waals surface area contributed by atoms with E-state index in [0.29, 0.717) is 13.0 Å². The summed E-state index contributed by atoms with van der Waals surface area (Å²) in [7, 11) is 0. The van der Waals surface area contributed by atoms with Gasteiger partial charge in [-0.15, -0.1) is 0 Å². The van der Waals surface area contributed by atoms with Gasteiger partial charge in [0.2, 0.25) is 0 Å². The summed E-state index contributed by atoms with van der Waals surface area (Å²) in [5.74, 6) is -0.000832. The number of aliphatic hydroxyl groups excluding tert-OH is 1. The number of nitrogens with zero attached hydrogens (tertiary/aromatic N) is 1. The lowest BCUT2D eigenvalue weighted by Gasteiger charge is -2.32. The lowest BCUT2D eigenvalue weighted by atomic mass is 10.1. The van der Waals surface area contributed by atoms with Crippen molar-refractivity contribution in [3.63, 3.8) is 0 Å². The van der Waals surface area contributed by atoms with Crippen LogP contribution in [0.25, 0.3) is 0 Å². The minimum Gasteiger partial charge on any atom is -0.396 e. The van der Waals surface area contributed by atoms with Crippen LogP contribution in [0, 0.1) is 6.92 Å². The molecule has 1 aliphatic heterocycles. The van der Waals surface area contributed by atoms with E-state index in [9.17, 15) is 4.79 Å². The highest BCUT2D eigenvalue weighted by atomic mass is 16.5. The Kier molecular flexibility index (Phi) is 4.33. The van der Waals surface area contributed by atoms with E-state index in [4.69, 9.17) is 9.84 Å². The zero-order valence-corrected chi connectivity index (χ0v) is 10.6. The standard InChI is InChI=1S/C14H19NO3/c1-11-4-6-12(7-5-11)15-9-13(3-2-8-16)18-10-14(15)17/h4-7,13,16H,2-3,8-10H2,1H3. The van der Waals surface area contributed by atoms with Crippen molar-refractivity contribution in [2.75, 3.05) is 24.7 Å². The van der Waals surface area contributed by atoms with Crippen molar-refractivity contribution in [1.29, 1.82) is 0 Å². The summed E-state index contributed by atoms with van der Waals surface area (Å²) in [4.78, 5) is 13.6. The highest BCUT2D eigenvalue weighted by Gasteiger charge is 2.26. The molecule has 2 rings (SSSR count). The molecule has 0 spiro atoms. The zero-order chi connectivity index (χ0) is 13.0. The molecule has 0 bridgehead atoms. The topological polar surface area (TPSA) is 49.8 Å². The van der Waals surface area contributed by atoms with E-state index in [1.807, 2.05) is 31.2 Å². The number of anilines is 1. The van der Waals surface area contributed by atoms with Crippen LogP contribution < -0.4 is 4.90 Å². The zero-order valence-electron chi connectivity index (χ0n) is 10.6. The molecule has 1 amide bonds. The number of aliphatic hydroxyl groups is 1. The third-order valence-electron chi connectivity index (χ3n) is 3.16. The molecule has 4 heteroatoms.